The van der Waals surface area contributed by atoms with E-state index in [1.165, 1.54) is 11.8 Å². The van der Waals surface area contributed by atoms with Gasteiger partial charge in [-0.3, -0.25) is 4.79 Å². The molecular formula is C19H24N4O2. The summed E-state index contributed by atoms with van der Waals surface area (Å²) in [5.74, 6) is -0.322. The van der Waals surface area contributed by atoms with Crippen LogP contribution in [-0.4, -0.2) is 35.7 Å². The number of carbonyl (C=O) groups excluding carboxylic acids is 2. The van der Waals surface area contributed by atoms with Crippen molar-refractivity contribution in [1.29, 1.82) is 0 Å². The van der Waals surface area contributed by atoms with Crippen LogP contribution in [0.5, 0.6) is 0 Å². The number of hydrazone groups is 1. The van der Waals surface area contributed by atoms with Crippen LogP contribution in [0.3, 0.4) is 0 Å². The number of likely N-dealkylation sites (N-methyl/N-ethyl adjacent to an activating group) is 1. The molecule has 3 amide bonds. The summed E-state index contributed by atoms with van der Waals surface area (Å²) in [6.45, 7) is 7.88. The molecule has 0 bridgehead atoms. The number of amides is 3. The third-order valence-electron chi connectivity index (χ3n) is 5.30. The number of para-hydroxylation sites is 1. The lowest BCUT2D eigenvalue weighted by Crippen LogP contribution is -2.42. The largest absolute Gasteiger partial charge is 0.347 e. The summed E-state index contributed by atoms with van der Waals surface area (Å²) in [4.78, 5) is 26.5. The molecule has 1 aromatic carbocycles. The maximum absolute atomic E-state index is 12.4. The minimum atomic E-state index is -0.874. The van der Waals surface area contributed by atoms with Crippen molar-refractivity contribution in [3.05, 3.63) is 41.6 Å². The Kier molecular flexibility index (Phi) is 3.94. The van der Waals surface area contributed by atoms with Gasteiger partial charge in [-0.25, -0.2) is 4.79 Å². The lowest BCUT2D eigenvalue weighted by molar-refractivity contribution is -0.130. The molecule has 1 atom stereocenters. The van der Waals surface area contributed by atoms with Crippen molar-refractivity contribution >= 4 is 23.8 Å². The van der Waals surface area contributed by atoms with Crippen molar-refractivity contribution in [2.45, 2.75) is 45.1 Å². The fourth-order valence-electron chi connectivity index (χ4n) is 3.49. The number of anilines is 1. The van der Waals surface area contributed by atoms with Gasteiger partial charge in [-0.1, -0.05) is 39.0 Å². The molecule has 2 aliphatic rings. The van der Waals surface area contributed by atoms with Gasteiger partial charge in [-0.2, -0.15) is 5.10 Å². The normalized spacial score (nSPS) is 26.7. The van der Waals surface area contributed by atoms with E-state index in [4.69, 9.17) is 0 Å². The lowest BCUT2D eigenvalue weighted by atomic mass is 9.84. The zero-order chi connectivity index (χ0) is 18.4. The van der Waals surface area contributed by atoms with E-state index in [1.807, 2.05) is 32.2 Å². The number of imide groups is 1. The number of benzene rings is 1. The highest BCUT2D eigenvalue weighted by atomic mass is 16.2. The fourth-order valence-corrected chi connectivity index (χ4v) is 3.49. The second-order valence-corrected chi connectivity index (χ2v) is 7.25. The van der Waals surface area contributed by atoms with Gasteiger partial charge < -0.3 is 10.2 Å². The highest BCUT2D eigenvalue weighted by molar-refractivity contribution is 6.07. The van der Waals surface area contributed by atoms with Gasteiger partial charge >= 0.3 is 6.03 Å². The Morgan fingerprint density at radius 2 is 1.88 bits per heavy atom. The molecular weight excluding hydrogens is 316 g/mol. The number of rotatable bonds is 3. The molecule has 6 heteroatoms. The molecule has 0 radical (unpaired) electrons. The Bertz CT molecular complexity index is 796. The zero-order valence-electron chi connectivity index (χ0n) is 15.3. The Balaban J connectivity index is 1.87. The van der Waals surface area contributed by atoms with E-state index < -0.39 is 11.6 Å². The number of fused-ring (bicyclic) bond motifs is 1. The summed E-state index contributed by atoms with van der Waals surface area (Å²) in [7, 11) is 2.01. The maximum atomic E-state index is 12.4. The quantitative estimate of drug-likeness (QED) is 0.679. The average Bonchev–Trinajstić information content (AvgIpc) is 2.92. The zero-order valence-corrected chi connectivity index (χ0v) is 15.3. The molecule has 0 saturated carbocycles. The molecule has 1 fully saturated rings. The summed E-state index contributed by atoms with van der Waals surface area (Å²) < 4.78 is 0. The molecule has 25 heavy (non-hydrogen) atoms. The third-order valence-corrected chi connectivity index (χ3v) is 5.30. The van der Waals surface area contributed by atoms with E-state index in [-0.39, 0.29) is 11.3 Å². The van der Waals surface area contributed by atoms with Crippen LogP contribution in [-0.2, 0) is 10.2 Å². The van der Waals surface area contributed by atoms with E-state index in [1.54, 1.807) is 6.92 Å². The number of nitrogens with one attached hydrogen (secondary N) is 1. The molecule has 2 aliphatic heterocycles. The molecule has 0 aromatic heterocycles. The minimum Gasteiger partial charge on any atom is -0.347 e. The van der Waals surface area contributed by atoms with Crippen LogP contribution in [0.25, 0.3) is 0 Å². The molecule has 0 unspecified atom stereocenters. The van der Waals surface area contributed by atoms with Gasteiger partial charge in [0, 0.05) is 30.1 Å². The van der Waals surface area contributed by atoms with Crippen molar-refractivity contribution in [2.24, 2.45) is 5.10 Å². The Morgan fingerprint density at radius 3 is 2.48 bits per heavy atom. The first-order chi connectivity index (χ1) is 11.7. The monoisotopic (exact) mass is 340 g/mol. The van der Waals surface area contributed by atoms with Gasteiger partial charge in [0.25, 0.3) is 5.91 Å². The van der Waals surface area contributed by atoms with Crippen LogP contribution in [0.15, 0.2) is 41.1 Å². The molecule has 0 spiro atoms. The Morgan fingerprint density at radius 1 is 1.20 bits per heavy atom. The first-order valence-electron chi connectivity index (χ1n) is 8.47. The predicted octanol–water partition coefficient (Wildman–Crippen LogP) is 3.00. The highest BCUT2D eigenvalue weighted by Gasteiger charge is 2.47. The molecule has 1 aromatic rings. The van der Waals surface area contributed by atoms with Gasteiger partial charge in [-0.15, -0.1) is 5.01 Å². The predicted molar refractivity (Wildman–Crippen MR) is 98.5 cm³/mol. The first-order valence-corrected chi connectivity index (χ1v) is 8.47. The van der Waals surface area contributed by atoms with Gasteiger partial charge in [0.05, 0.1) is 0 Å². The van der Waals surface area contributed by atoms with Crippen molar-refractivity contribution < 1.29 is 9.59 Å². The lowest BCUT2D eigenvalue weighted by Gasteiger charge is -2.23. The standard InChI is InChI=1S/C19H24N4O2/c1-6-19(4)16(24)23(17(25)21-19)20-12-11-15-18(2,3)13-9-7-8-10-14(13)22(15)5/h7-12H,6H2,1-5H3,(H,21,25)/b15-11+,20-12-/t19-/m1/s1. The van der Waals surface area contributed by atoms with Crippen molar-refractivity contribution in [1.82, 2.24) is 10.3 Å². The second kappa shape index (κ2) is 5.72. The van der Waals surface area contributed by atoms with Gasteiger partial charge in [0.15, 0.2) is 0 Å². The minimum absolute atomic E-state index is 0.174. The van der Waals surface area contributed by atoms with Gasteiger partial charge in [0.2, 0.25) is 0 Å². The van der Waals surface area contributed by atoms with Gasteiger partial charge in [-0.05, 0) is 31.1 Å². The van der Waals surface area contributed by atoms with Crippen molar-refractivity contribution in [3.8, 4) is 0 Å². The summed E-state index contributed by atoms with van der Waals surface area (Å²) in [5.41, 5.74) is 2.41. The summed E-state index contributed by atoms with van der Waals surface area (Å²) in [6.07, 6.45) is 3.91. The van der Waals surface area contributed by atoms with Crippen LogP contribution >= 0.6 is 0 Å². The van der Waals surface area contributed by atoms with Crippen LogP contribution in [0.2, 0.25) is 0 Å². The van der Waals surface area contributed by atoms with E-state index in [0.717, 1.165) is 16.4 Å². The number of carbonyl (C=O) groups is 2. The molecule has 6 nitrogen and oxygen atoms in total. The van der Waals surface area contributed by atoms with E-state index in [0.29, 0.717) is 6.42 Å². The average molecular weight is 340 g/mol. The Hall–Kier alpha value is -2.63. The first kappa shape index (κ1) is 17.2. The topological polar surface area (TPSA) is 65.0 Å². The molecule has 1 saturated heterocycles. The van der Waals surface area contributed by atoms with Crippen LogP contribution in [0.1, 0.15) is 39.7 Å². The number of nitrogens with zero attached hydrogens (tertiary/aromatic N) is 3. The maximum Gasteiger partial charge on any atom is 0.346 e. The third kappa shape index (κ3) is 2.52. The summed E-state index contributed by atoms with van der Waals surface area (Å²) in [6, 6.07) is 7.77. The highest BCUT2D eigenvalue weighted by Crippen LogP contribution is 2.46. The second-order valence-electron chi connectivity index (χ2n) is 7.25. The van der Waals surface area contributed by atoms with Crippen LogP contribution < -0.4 is 10.2 Å². The fraction of sp³-hybridized carbons (Fsp3) is 0.421. The molecule has 0 aliphatic carbocycles. The Labute approximate surface area is 148 Å². The number of allylic oxidation sites excluding steroid dienone is 2. The number of urea groups is 1. The van der Waals surface area contributed by atoms with Crippen molar-refractivity contribution in [2.75, 3.05) is 11.9 Å². The van der Waals surface area contributed by atoms with E-state index >= 15 is 0 Å². The summed E-state index contributed by atoms with van der Waals surface area (Å²) in [5, 5.41) is 7.70. The summed E-state index contributed by atoms with van der Waals surface area (Å²) >= 11 is 0. The number of hydrogen-bond donors (Lipinski definition) is 1. The van der Waals surface area contributed by atoms with Crippen LogP contribution in [0.4, 0.5) is 10.5 Å². The number of hydrogen-bond acceptors (Lipinski definition) is 4. The SMILES string of the molecule is CC[C@@]1(C)NC(=O)N(/N=C\C=C2\N(C)c3ccccc3C2(C)C)C1=O. The molecule has 2 heterocycles. The molecule has 1 N–H and O–H groups in total. The van der Waals surface area contributed by atoms with Crippen molar-refractivity contribution in [3.63, 3.8) is 0 Å². The smallest absolute Gasteiger partial charge is 0.346 e. The molecule has 132 valence electrons. The van der Waals surface area contributed by atoms with E-state index in [2.05, 4.69) is 41.3 Å². The van der Waals surface area contributed by atoms with Gasteiger partial charge in [0.1, 0.15) is 5.54 Å². The van der Waals surface area contributed by atoms with E-state index in [9.17, 15) is 9.59 Å². The van der Waals surface area contributed by atoms with Crippen LogP contribution in [0, 0.1) is 0 Å². The molecule has 3 rings (SSSR count).